The number of methoxy groups -OCH3 is 1. The van der Waals surface area contributed by atoms with E-state index in [4.69, 9.17) is 4.74 Å². The van der Waals surface area contributed by atoms with Crippen molar-refractivity contribution in [1.82, 2.24) is 4.98 Å². The van der Waals surface area contributed by atoms with Crippen molar-refractivity contribution in [3.63, 3.8) is 0 Å². The maximum atomic E-state index is 12.2. The summed E-state index contributed by atoms with van der Waals surface area (Å²) in [4.78, 5) is 17.3. The second kappa shape index (κ2) is 6.12. The molecule has 2 aromatic rings. The number of nitrogens with zero attached hydrogens (tertiary/aromatic N) is 1. The highest BCUT2D eigenvalue weighted by atomic mass is 79.9. The van der Waals surface area contributed by atoms with Crippen molar-refractivity contribution in [2.75, 3.05) is 7.11 Å². The van der Waals surface area contributed by atoms with Crippen molar-refractivity contribution in [2.45, 2.75) is 6.92 Å². The summed E-state index contributed by atoms with van der Waals surface area (Å²) in [6, 6.07) is 5.33. The van der Waals surface area contributed by atoms with E-state index in [0.29, 0.717) is 11.3 Å². The number of ether oxygens (including phenoxy) is 1. The molecule has 1 aromatic carbocycles. The first-order valence-electron chi connectivity index (χ1n) is 5.58. The van der Waals surface area contributed by atoms with E-state index in [-0.39, 0.29) is 5.78 Å². The van der Waals surface area contributed by atoms with Gasteiger partial charge in [0, 0.05) is 14.9 Å². The molecule has 3 nitrogen and oxygen atoms in total. The lowest BCUT2D eigenvalue weighted by molar-refractivity contribution is 0.104. The molecule has 5 heteroatoms. The molecular formula is C14H12BrNO2S. The molecule has 1 heterocycles. The largest absolute Gasteiger partial charge is 0.497 e. The molecule has 0 unspecified atom stereocenters. The standard InChI is InChI=1S/C14H12BrNO2S/c1-9-14(19-8-16-9)6-5-13(17)11-7-10(18-2)3-4-12(11)15/h3-8H,1-2H3/b6-5+. The third-order valence-electron chi connectivity index (χ3n) is 2.61. The highest BCUT2D eigenvalue weighted by Crippen LogP contribution is 2.23. The fourth-order valence-corrected chi connectivity index (χ4v) is 2.67. The molecule has 98 valence electrons. The van der Waals surface area contributed by atoms with E-state index >= 15 is 0 Å². The molecule has 0 saturated carbocycles. The third-order valence-corrected chi connectivity index (χ3v) is 4.20. The first kappa shape index (κ1) is 14.0. The van der Waals surface area contributed by atoms with Gasteiger partial charge in [0.05, 0.1) is 18.3 Å². The van der Waals surface area contributed by atoms with Gasteiger partial charge in [-0.25, -0.2) is 4.98 Å². The zero-order valence-electron chi connectivity index (χ0n) is 10.5. The van der Waals surface area contributed by atoms with Gasteiger partial charge in [0.15, 0.2) is 5.78 Å². The van der Waals surface area contributed by atoms with Crippen LogP contribution < -0.4 is 4.74 Å². The van der Waals surface area contributed by atoms with Crippen LogP contribution in [0.3, 0.4) is 0 Å². The van der Waals surface area contributed by atoms with Gasteiger partial charge in [0.25, 0.3) is 0 Å². The van der Waals surface area contributed by atoms with E-state index in [0.717, 1.165) is 15.0 Å². The summed E-state index contributed by atoms with van der Waals surface area (Å²) in [6.07, 6.45) is 3.35. The lowest BCUT2D eigenvalue weighted by Gasteiger charge is -2.04. The predicted molar refractivity (Wildman–Crippen MR) is 80.9 cm³/mol. The van der Waals surface area contributed by atoms with Crippen molar-refractivity contribution in [3.8, 4) is 5.75 Å². The summed E-state index contributed by atoms with van der Waals surface area (Å²) in [5.74, 6) is 0.590. The van der Waals surface area contributed by atoms with Crippen molar-refractivity contribution >= 4 is 39.1 Å². The molecule has 2 rings (SSSR count). The number of rotatable bonds is 4. The van der Waals surface area contributed by atoms with Crippen molar-refractivity contribution in [1.29, 1.82) is 0 Å². The van der Waals surface area contributed by atoms with Crippen LogP contribution in [-0.2, 0) is 0 Å². The Morgan fingerprint density at radius 1 is 1.47 bits per heavy atom. The third kappa shape index (κ3) is 3.30. The highest BCUT2D eigenvalue weighted by molar-refractivity contribution is 9.10. The van der Waals surface area contributed by atoms with Gasteiger partial charge in [-0.2, -0.15) is 0 Å². The molecule has 0 saturated heterocycles. The minimum Gasteiger partial charge on any atom is -0.497 e. The Labute approximate surface area is 124 Å². The molecule has 1 aromatic heterocycles. The minimum absolute atomic E-state index is 0.0708. The molecule has 19 heavy (non-hydrogen) atoms. The molecule has 0 aliphatic rings. The van der Waals surface area contributed by atoms with Crippen LogP contribution in [-0.4, -0.2) is 17.9 Å². The van der Waals surface area contributed by atoms with Crippen LogP contribution in [0.15, 0.2) is 34.3 Å². The Bertz CT molecular complexity index is 634. The summed E-state index contributed by atoms with van der Waals surface area (Å²) in [6.45, 7) is 1.92. The Morgan fingerprint density at radius 2 is 2.26 bits per heavy atom. The second-order valence-corrected chi connectivity index (χ2v) is 5.59. The number of thiazole rings is 1. The summed E-state index contributed by atoms with van der Waals surface area (Å²) in [5.41, 5.74) is 3.28. The molecule has 0 N–H and O–H groups in total. The predicted octanol–water partition coefficient (Wildman–Crippen LogP) is 4.12. The highest BCUT2D eigenvalue weighted by Gasteiger charge is 2.09. The van der Waals surface area contributed by atoms with Crippen LogP contribution in [0.4, 0.5) is 0 Å². The maximum absolute atomic E-state index is 12.2. The average molecular weight is 338 g/mol. The molecule has 0 atom stereocenters. The second-order valence-electron chi connectivity index (χ2n) is 3.85. The van der Waals surface area contributed by atoms with Gasteiger partial charge in [0.1, 0.15) is 5.75 Å². The normalized spacial score (nSPS) is 10.9. The lowest BCUT2D eigenvalue weighted by atomic mass is 10.1. The monoisotopic (exact) mass is 337 g/mol. The van der Waals surface area contributed by atoms with Crippen molar-refractivity contribution in [2.24, 2.45) is 0 Å². The average Bonchev–Trinajstić information content (AvgIpc) is 2.82. The fourth-order valence-electron chi connectivity index (χ4n) is 1.53. The Morgan fingerprint density at radius 3 is 2.89 bits per heavy atom. The Kier molecular flexibility index (Phi) is 4.50. The number of halogens is 1. The van der Waals surface area contributed by atoms with Crippen LogP contribution in [0.5, 0.6) is 5.75 Å². The van der Waals surface area contributed by atoms with Crippen LogP contribution in [0.2, 0.25) is 0 Å². The van der Waals surface area contributed by atoms with Crippen molar-refractivity contribution < 1.29 is 9.53 Å². The van der Waals surface area contributed by atoms with E-state index < -0.39 is 0 Å². The molecule has 0 radical (unpaired) electrons. The number of benzene rings is 1. The Balaban J connectivity index is 2.25. The first-order valence-corrected chi connectivity index (χ1v) is 7.25. The number of aromatic nitrogens is 1. The number of carbonyl (C=O) groups is 1. The lowest BCUT2D eigenvalue weighted by Crippen LogP contribution is -1.97. The quantitative estimate of drug-likeness (QED) is 0.622. The van der Waals surface area contributed by atoms with E-state index in [1.807, 2.05) is 6.92 Å². The SMILES string of the molecule is COc1ccc(Br)c(C(=O)/C=C/c2scnc2C)c1. The minimum atomic E-state index is -0.0708. The first-order chi connectivity index (χ1) is 9.11. The molecule has 0 bridgehead atoms. The summed E-state index contributed by atoms with van der Waals surface area (Å²) < 4.78 is 5.88. The molecular weight excluding hydrogens is 326 g/mol. The molecule has 0 aliphatic heterocycles. The number of aryl methyl sites for hydroxylation is 1. The smallest absolute Gasteiger partial charge is 0.187 e. The van der Waals surface area contributed by atoms with Crippen LogP contribution in [0.25, 0.3) is 6.08 Å². The van der Waals surface area contributed by atoms with Gasteiger partial charge in [-0.1, -0.05) is 15.9 Å². The number of hydrogen-bond donors (Lipinski definition) is 0. The van der Waals surface area contributed by atoms with Gasteiger partial charge < -0.3 is 4.74 Å². The van der Waals surface area contributed by atoms with Gasteiger partial charge in [-0.3, -0.25) is 4.79 Å². The molecule has 0 aliphatic carbocycles. The number of hydrogen-bond acceptors (Lipinski definition) is 4. The van der Waals surface area contributed by atoms with Gasteiger partial charge in [-0.05, 0) is 37.3 Å². The van der Waals surface area contributed by atoms with Crippen LogP contribution in [0, 0.1) is 6.92 Å². The summed E-state index contributed by atoms with van der Waals surface area (Å²) >= 11 is 4.89. The van der Waals surface area contributed by atoms with Crippen molar-refractivity contribution in [3.05, 3.63) is 50.4 Å². The number of allylic oxidation sites excluding steroid dienone is 1. The Hall–Kier alpha value is -1.46. The summed E-state index contributed by atoms with van der Waals surface area (Å²) in [7, 11) is 1.58. The topological polar surface area (TPSA) is 39.2 Å². The zero-order chi connectivity index (χ0) is 13.8. The van der Waals surface area contributed by atoms with E-state index in [2.05, 4.69) is 20.9 Å². The van der Waals surface area contributed by atoms with Crippen LogP contribution in [0.1, 0.15) is 20.9 Å². The molecule has 0 spiro atoms. The molecule has 0 fully saturated rings. The molecule has 0 amide bonds. The van der Waals surface area contributed by atoms with Gasteiger partial charge >= 0.3 is 0 Å². The fraction of sp³-hybridized carbons (Fsp3) is 0.143. The maximum Gasteiger partial charge on any atom is 0.187 e. The van der Waals surface area contributed by atoms with Gasteiger partial charge in [0.2, 0.25) is 0 Å². The van der Waals surface area contributed by atoms with E-state index in [1.54, 1.807) is 43.0 Å². The number of ketones is 1. The van der Waals surface area contributed by atoms with Crippen LogP contribution >= 0.6 is 27.3 Å². The number of carbonyl (C=O) groups excluding carboxylic acids is 1. The van der Waals surface area contributed by atoms with E-state index in [1.165, 1.54) is 11.3 Å². The van der Waals surface area contributed by atoms with Gasteiger partial charge in [-0.15, -0.1) is 11.3 Å². The summed E-state index contributed by atoms with van der Waals surface area (Å²) in [5, 5.41) is 0. The zero-order valence-corrected chi connectivity index (χ0v) is 12.9. The van der Waals surface area contributed by atoms with E-state index in [9.17, 15) is 4.79 Å².